The molecule has 1 unspecified atom stereocenters. The molecule has 0 spiro atoms. The summed E-state index contributed by atoms with van der Waals surface area (Å²) in [6, 6.07) is -0.634. The van der Waals surface area contributed by atoms with Gasteiger partial charge in [-0.1, -0.05) is 6.92 Å². The summed E-state index contributed by atoms with van der Waals surface area (Å²) in [6.45, 7) is 11.0. The Morgan fingerprint density at radius 1 is 1.57 bits per heavy atom. The zero-order valence-corrected chi connectivity index (χ0v) is 9.26. The van der Waals surface area contributed by atoms with Crippen molar-refractivity contribution in [3.63, 3.8) is 0 Å². The Bertz CT molecular complexity index is 218. The molecular weight excluding hydrogens is 182 g/mol. The van der Waals surface area contributed by atoms with Crippen LogP contribution in [0.4, 0.5) is 0 Å². The van der Waals surface area contributed by atoms with E-state index in [4.69, 9.17) is 9.84 Å². The van der Waals surface area contributed by atoms with Crippen molar-refractivity contribution in [3.05, 3.63) is 12.5 Å². The predicted molar refractivity (Wildman–Crippen MR) is 54.8 cm³/mol. The second-order valence-electron chi connectivity index (χ2n) is 4.08. The molecule has 4 nitrogen and oxygen atoms in total. The van der Waals surface area contributed by atoms with Crippen molar-refractivity contribution in [2.24, 2.45) is 0 Å². The molecule has 0 fully saturated rings. The van der Waals surface area contributed by atoms with Gasteiger partial charge in [-0.05, 0) is 33.8 Å². The van der Waals surface area contributed by atoms with Crippen molar-refractivity contribution in [2.45, 2.75) is 45.8 Å². The lowest BCUT2D eigenvalue weighted by atomic mass is 10.2. The van der Waals surface area contributed by atoms with Crippen LogP contribution in [0.3, 0.4) is 0 Å². The fourth-order valence-electron chi connectivity index (χ4n) is 0.932. The normalized spacial score (nSPS) is 13.1. The largest absolute Gasteiger partial charge is 0.480 e. The maximum atomic E-state index is 10.7. The van der Waals surface area contributed by atoms with Crippen LogP contribution in [0.25, 0.3) is 0 Å². The van der Waals surface area contributed by atoms with E-state index in [2.05, 4.69) is 11.9 Å². The van der Waals surface area contributed by atoms with Crippen molar-refractivity contribution in [2.75, 3.05) is 0 Å². The van der Waals surface area contributed by atoms with Gasteiger partial charge in [-0.3, -0.25) is 0 Å². The molecule has 0 saturated carbocycles. The average Bonchev–Trinajstić information content (AvgIpc) is 1.96. The van der Waals surface area contributed by atoms with Crippen LogP contribution >= 0.6 is 0 Å². The van der Waals surface area contributed by atoms with Gasteiger partial charge in [0.2, 0.25) is 0 Å². The molecule has 0 aliphatic carbocycles. The van der Waals surface area contributed by atoms with Crippen molar-refractivity contribution in [1.82, 2.24) is 5.32 Å². The minimum absolute atomic E-state index is 0.298. The number of carbonyl (C=O) groups is 1. The minimum Gasteiger partial charge on any atom is -0.480 e. The number of aliphatic carboxylic acids is 1. The van der Waals surface area contributed by atoms with Crippen LogP contribution in [-0.4, -0.2) is 22.7 Å². The molecule has 0 radical (unpaired) electrons. The second kappa shape index (κ2) is 4.88. The predicted octanol–water partition coefficient (Wildman–Crippen LogP) is 1.73. The van der Waals surface area contributed by atoms with E-state index in [1.54, 1.807) is 6.92 Å². The summed E-state index contributed by atoms with van der Waals surface area (Å²) in [4.78, 5) is 10.7. The highest BCUT2D eigenvalue weighted by Crippen LogP contribution is 2.11. The lowest BCUT2D eigenvalue weighted by Gasteiger charge is -2.25. The third-order valence-corrected chi connectivity index (χ3v) is 1.47. The number of ether oxygens (including phenoxy) is 1. The second-order valence-corrected chi connectivity index (χ2v) is 4.08. The van der Waals surface area contributed by atoms with Crippen molar-refractivity contribution in [3.8, 4) is 0 Å². The van der Waals surface area contributed by atoms with Gasteiger partial charge in [0.15, 0.2) is 5.88 Å². The van der Waals surface area contributed by atoms with Crippen molar-refractivity contribution in [1.29, 1.82) is 0 Å². The van der Waals surface area contributed by atoms with Crippen LogP contribution < -0.4 is 5.32 Å². The van der Waals surface area contributed by atoms with Gasteiger partial charge in [0, 0.05) is 0 Å². The number of carboxylic acid groups (broad SMARTS) is 1. The molecule has 2 N–H and O–H groups in total. The van der Waals surface area contributed by atoms with E-state index >= 15 is 0 Å². The summed E-state index contributed by atoms with van der Waals surface area (Å²) >= 11 is 0. The first-order valence-electron chi connectivity index (χ1n) is 4.63. The molecule has 0 aromatic rings. The van der Waals surface area contributed by atoms with Gasteiger partial charge in [0.25, 0.3) is 0 Å². The zero-order valence-electron chi connectivity index (χ0n) is 9.26. The van der Waals surface area contributed by atoms with Gasteiger partial charge in [0.05, 0.1) is 0 Å². The van der Waals surface area contributed by atoms with E-state index in [-0.39, 0.29) is 5.60 Å². The first-order chi connectivity index (χ1) is 6.26. The third kappa shape index (κ3) is 5.45. The van der Waals surface area contributed by atoms with Gasteiger partial charge < -0.3 is 15.2 Å². The Kier molecular flexibility index (Phi) is 4.47. The zero-order chi connectivity index (χ0) is 11.4. The van der Waals surface area contributed by atoms with Gasteiger partial charge in [-0.15, -0.1) is 0 Å². The van der Waals surface area contributed by atoms with Gasteiger partial charge in [-0.25, -0.2) is 4.79 Å². The summed E-state index contributed by atoms with van der Waals surface area (Å²) in [5.41, 5.74) is -0.360. The first-order valence-corrected chi connectivity index (χ1v) is 4.63. The molecule has 0 rings (SSSR count). The van der Waals surface area contributed by atoms with E-state index in [1.807, 2.05) is 20.8 Å². The molecule has 0 aliphatic heterocycles. The average molecular weight is 201 g/mol. The number of rotatable bonds is 5. The molecule has 0 amide bonds. The molecular formula is C10H19NO3. The SMILES string of the molecule is C=C(NC(CC)C(=O)O)OC(C)(C)C. The molecule has 0 aliphatic rings. The standard InChI is InChI=1S/C10H19NO3/c1-6-8(9(12)13)11-7(2)14-10(3,4)5/h8,11H,2,6H2,1,3-5H3,(H,12,13). The highest BCUT2D eigenvalue weighted by Gasteiger charge is 2.18. The Morgan fingerprint density at radius 3 is 2.36 bits per heavy atom. The third-order valence-electron chi connectivity index (χ3n) is 1.47. The Hall–Kier alpha value is -1.19. The summed E-state index contributed by atoms with van der Waals surface area (Å²) in [5, 5.41) is 11.5. The number of nitrogens with one attached hydrogen (secondary N) is 1. The molecule has 0 heterocycles. The smallest absolute Gasteiger partial charge is 0.326 e. The Labute approximate surface area is 85.0 Å². The summed E-state index contributed by atoms with van der Waals surface area (Å²) in [6.07, 6.45) is 0.488. The lowest BCUT2D eigenvalue weighted by Crippen LogP contribution is -2.37. The lowest BCUT2D eigenvalue weighted by molar-refractivity contribution is -0.139. The highest BCUT2D eigenvalue weighted by molar-refractivity contribution is 5.73. The first kappa shape index (κ1) is 12.8. The van der Waals surface area contributed by atoms with Crippen LogP contribution in [0.15, 0.2) is 12.5 Å². The maximum Gasteiger partial charge on any atom is 0.326 e. The minimum atomic E-state index is -0.897. The molecule has 4 heteroatoms. The van der Waals surface area contributed by atoms with Crippen molar-refractivity contribution < 1.29 is 14.6 Å². The van der Waals surface area contributed by atoms with E-state index in [9.17, 15) is 4.79 Å². The topological polar surface area (TPSA) is 58.6 Å². The van der Waals surface area contributed by atoms with Crippen LogP contribution in [0, 0.1) is 0 Å². The van der Waals surface area contributed by atoms with Crippen LogP contribution in [0.5, 0.6) is 0 Å². The monoisotopic (exact) mass is 201 g/mol. The summed E-state index contributed by atoms with van der Waals surface area (Å²) in [7, 11) is 0. The molecule has 0 aromatic carbocycles. The Balaban J connectivity index is 4.11. The maximum absolute atomic E-state index is 10.7. The summed E-state index contributed by atoms with van der Waals surface area (Å²) < 4.78 is 5.35. The van der Waals surface area contributed by atoms with Crippen LogP contribution in [-0.2, 0) is 9.53 Å². The fraction of sp³-hybridized carbons (Fsp3) is 0.700. The van der Waals surface area contributed by atoms with E-state index in [1.165, 1.54) is 0 Å². The van der Waals surface area contributed by atoms with Crippen LogP contribution in [0.2, 0.25) is 0 Å². The number of hydrogen-bond acceptors (Lipinski definition) is 3. The van der Waals surface area contributed by atoms with Crippen molar-refractivity contribution >= 4 is 5.97 Å². The number of hydrogen-bond donors (Lipinski definition) is 2. The molecule has 82 valence electrons. The van der Waals surface area contributed by atoms with Gasteiger partial charge in [-0.2, -0.15) is 0 Å². The highest BCUT2D eigenvalue weighted by atomic mass is 16.5. The molecule has 14 heavy (non-hydrogen) atoms. The Morgan fingerprint density at radius 2 is 2.07 bits per heavy atom. The molecule has 0 saturated heterocycles. The number of carboxylic acids is 1. The fourth-order valence-corrected chi connectivity index (χ4v) is 0.932. The van der Waals surface area contributed by atoms with Gasteiger partial charge in [0.1, 0.15) is 11.6 Å². The summed E-state index contributed by atoms with van der Waals surface area (Å²) in [5.74, 6) is -0.599. The van der Waals surface area contributed by atoms with E-state index in [0.29, 0.717) is 12.3 Å². The van der Waals surface area contributed by atoms with Crippen LogP contribution in [0.1, 0.15) is 34.1 Å². The molecule has 0 aromatic heterocycles. The quantitative estimate of drug-likeness (QED) is 0.665. The van der Waals surface area contributed by atoms with E-state index < -0.39 is 12.0 Å². The molecule has 1 atom stereocenters. The van der Waals surface area contributed by atoms with Gasteiger partial charge >= 0.3 is 5.97 Å². The van der Waals surface area contributed by atoms with E-state index in [0.717, 1.165) is 0 Å². The molecule has 0 bridgehead atoms.